The number of benzene rings is 2. The van der Waals surface area contributed by atoms with Crippen molar-refractivity contribution in [3.05, 3.63) is 65.2 Å². The Bertz CT molecular complexity index is 588. The molecular weight excluding hydrogens is 264 g/mol. The highest BCUT2D eigenvalue weighted by Crippen LogP contribution is 2.23. The molecule has 0 aromatic heterocycles. The van der Waals surface area contributed by atoms with Crippen LogP contribution in [0.1, 0.15) is 23.1 Å². The summed E-state index contributed by atoms with van der Waals surface area (Å²) in [5, 5.41) is 8.68. The fraction of sp³-hybridized carbons (Fsp3) is 0.222. The van der Waals surface area contributed by atoms with E-state index in [1.54, 1.807) is 0 Å². The normalized spacial score (nSPS) is 9.90. The molecule has 1 N–H and O–H groups in total. The summed E-state index contributed by atoms with van der Waals surface area (Å²) in [6.07, 6.45) is 0.533. The summed E-state index contributed by atoms with van der Waals surface area (Å²) in [5.41, 5.74) is 3.59. The molecule has 0 aliphatic rings. The first-order chi connectivity index (χ1) is 9.78. The zero-order valence-corrected chi connectivity index (χ0v) is 12.4. The third kappa shape index (κ3) is 4.77. The lowest BCUT2D eigenvalue weighted by Crippen LogP contribution is -1.83. The van der Waals surface area contributed by atoms with Crippen LogP contribution in [0.5, 0.6) is 0 Å². The van der Waals surface area contributed by atoms with E-state index in [9.17, 15) is 0 Å². The molecule has 2 heteroatoms. The Morgan fingerprint density at radius 1 is 1.00 bits per heavy atom. The van der Waals surface area contributed by atoms with Gasteiger partial charge in [0.2, 0.25) is 0 Å². The van der Waals surface area contributed by atoms with Crippen LogP contribution >= 0.6 is 11.8 Å². The topological polar surface area (TPSA) is 20.2 Å². The van der Waals surface area contributed by atoms with Gasteiger partial charge in [-0.3, -0.25) is 0 Å². The maximum absolute atomic E-state index is 8.68. The zero-order valence-electron chi connectivity index (χ0n) is 11.6. The van der Waals surface area contributed by atoms with Crippen molar-refractivity contribution in [1.29, 1.82) is 0 Å². The highest BCUT2D eigenvalue weighted by molar-refractivity contribution is 7.98. The molecule has 0 unspecified atom stereocenters. The molecule has 0 amide bonds. The molecule has 2 aromatic rings. The summed E-state index contributed by atoms with van der Waals surface area (Å²) in [6.45, 7) is 2.23. The molecule has 0 spiro atoms. The van der Waals surface area contributed by atoms with Crippen molar-refractivity contribution in [3.8, 4) is 11.8 Å². The second-order valence-corrected chi connectivity index (χ2v) is 5.62. The number of hydrogen-bond acceptors (Lipinski definition) is 2. The van der Waals surface area contributed by atoms with E-state index in [1.807, 2.05) is 23.9 Å². The Balaban J connectivity index is 1.91. The summed E-state index contributed by atoms with van der Waals surface area (Å²) in [4.78, 5) is 1.29. The SMILES string of the molecule is Cc1ccc(SCc2ccc(C#CCCO)cc2)cc1. The molecule has 0 fully saturated rings. The molecule has 0 atom stereocenters. The van der Waals surface area contributed by atoms with E-state index in [0.29, 0.717) is 6.42 Å². The van der Waals surface area contributed by atoms with Gasteiger partial charge in [-0.05, 0) is 36.8 Å². The van der Waals surface area contributed by atoms with Gasteiger partial charge in [0.1, 0.15) is 0 Å². The lowest BCUT2D eigenvalue weighted by molar-refractivity contribution is 0.305. The number of thioether (sulfide) groups is 1. The maximum atomic E-state index is 8.68. The molecule has 20 heavy (non-hydrogen) atoms. The largest absolute Gasteiger partial charge is 0.395 e. The Labute approximate surface area is 125 Å². The second-order valence-electron chi connectivity index (χ2n) is 4.57. The lowest BCUT2D eigenvalue weighted by Gasteiger charge is -2.03. The second kappa shape index (κ2) is 7.79. The number of hydrogen-bond donors (Lipinski definition) is 1. The van der Waals surface area contributed by atoms with Crippen molar-refractivity contribution in [2.24, 2.45) is 0 Å². The monoisotopic (exact) mass is 282 g/mol. The van der Waals surface area contributed by atoms with E-state index in [4.69, 9.17) is 5.11 Å². The van der Waals surface area contributed by atoms with Crippen LogP contribution in [0.2, 0.25) is 0 Å². The summed E-state index contributed by atoms with van der Waals surface area (Å²) in [6, 6.07) is 16.9. The van der Waals surface area contributed by atoms with Crippen LogP contribution < -0.4 is 0 Å². The fourth-order valence-corrected chi connectivity index (χ4v) is 2.56. The smallest absolute Gasteiger partial charge is 0.0540 e. The molecule has 0 saturated heterocycles. The van der Waals surface area contributed by atoms with Gasteiger partial charge in [-0.15, -0.1) is 11.8 Å². The lowest BCUT2D eigenvalue weighted by atomic mass is 10.1. The van der Waals surface area contributed by atoms with Crippen LogP contribution in [0.4, 0.5) is 0 Å². The van der Waals surface area contributed by atoms with Gasteiger partial charge in [-0.1, -0.05) is 41.7 Å². The van der Waals surface area contributed by atoms with Crippen molar-refractivity contribution in [2.75, 3.05) is 6.61 Å². The molecule has 0 bridgehead atoms. The minimum absolute atomic E-state index is 0.123. The number of aliphatic hydroxyl groups is 1. The van der Waals surface area contributed by atoms with Gasteiger partial charge in [0.15, 0.2) is 0 Å². The molecule has 0 radical (unpaired) electrons. The van der Waals surface area contributed by atoms with E-state index in [0.717, 1.165) is 11.3 Å². The van der Waals surface area contributed by atoms with E-state index in [2.05, 4.69) is 55.2 Å². The first-order valence-corrected chi connectivity index (χ1v) is 7.64. The molecule has 1 nitrogen and oxygen atoms in total. The van der Waals surface area contributed by atoms with Crippen LogP contribution in [0, 0.1) is 18.8 Å². The molecular formula is C18H18OS. The third-order valence-electron chi connectivity index (χ3n) is 2.85. The first-order valence-electron chi connectivity index (χ1n) is 6.66. The molecule has 0 aliphatic carbocycles. The molecule has 0 saturated carbocycles. The quantitative estimate of drug-likeness (QED) is 0.675. The number of aryl methyl sites for hydroxylation is 1. The van der Waals surface area contributed by atoms with Crippen LogP contribution in [0.15, 0.2) is 53.4 Å². The van der Waals surface area contributed by atoms with Crippen LogP contribution in [-0.2, 0) is 5.75 Å². The van der Waals surface area contributed by atoms with Crippen molar-refractivity contribution in [2.45, 2.75) is 24.0 Å². The Hall–Kier alpha value is -1.69. The average Bonchev–Trinajstić information content (AvgIpc) is 2.48. The zero-order chi connectivity index (χ0) is 14.2. The van der Waals surface area contributed by atoms with E-state index >= 15 is 0 Å². The first kappa shape index (κ1) is 14.7. The summed E-state index contributed by atoms with van der Waals surface area (Å²) in [7, 11) is 0. The van der Waals surface area contributed by atoms with Gasteiger partial charge < -0.3 is 5.11 Å². The Morgan fingerprint density at radius 3 is 2.35 bits per heavy atom. The van der Waals surface area contributed by atoms with Crippen molar-refractivity contribution in [3.63, 3.8) is 0 Å². The van der Waals surface area contributed by atoms with Crippen molar-refractivity contribution >= 4 is 11.8 Å². The minimum Gasteiger partial charge on any atom is -0.395 e. The van der Waals surface area contributed by atoms with Gasteiger partial charge in [0.05, 0.1) is 6.61 Å². The van der Waals surface area contributed by atoms with Crippen molar-refractivity contribution < 1.29 is 5.11 Å². The van der Waals surface area contributed by atoms with Crippen LogP contribution in [-0.4, -0.2) is 11.7 Å². The van der Waals surface area contributed by atoms with E-state index in [-0.39, 0.29) is 6.61 Å². The predicted molar refractivity (Wildman–Crippen MR) is 85.8 cm³/mol. The van der Waals surface area contributed by atoms with Crippen molar-refractivity contribution in [1.82, 2.24) is 0 Å². The highest BCUT2D eigenvalue weighted by Gasteiger charge is 1.96. The fourth-order valence-electron chi connectivity index (χ4n) is 1.71. The molecule has 102 valence electrons. The average molecular weight is 282 g/mol. The van der Waals surface area contributed by atoms with Gasteiger partial charge in [-0.2, -0.15) is 0 Å². The van der Waals surface area contributed by atoms with Gasteiger partial charge >= 0.3 is 0 Å². The minimum atomic E-state index is 0.123. The standard InChI is InChI=1S/C18H18OS/c1-15-5-11-18(12-6-15)20-14-17-9-7-16(8-10-17)4-2-3-13-19/h5-12,19H,3,13-14H2,1H3. The summed E-state index contributed by atoms with van der Waals surface area (Å²) in [5.74, 6) is 6.93. The van der Waals surface area contributed by atoms with Gasteiger partial charge in [0.25, 0.3) is 0 Å². The Morgan fingerprint density at radius 2 is 1.70 bits per heavy atom. The van der Waals surface area contributed by atoms with Gasteiger partial charge in [0, 0.05) is 22.6 Å². The number of rotatable bonds is 4. The highest BCUT2D eigenvalue weighted by atomic mass is 32.2. The maximum Gasteiger partial charge on any atom is 0.0540 e. The van der Waals surface area contributed by atoms with Crippen LogP contribution in [0.3, 0.4) is 0 Å². The molecule has 2 rings (SSSR count). The molecule has 0 heterocycles. The summed E-state index contributed by atoms with van der Waals surface area (Å²) < 4.78 is 0. The van der Waals surface area contributed by atoms with E-state index in [1.165, 1.54) is 16.0 Å². The summed E-state index contributed by atoms with van der Waals surface area (Å²) >= 11 is 1.84. The number of aliphatic hydroxyl groups excluding tert-OH is 1. The molecule has 0 aliphatic heterocycles. The van der Waals surface area contributed by atoms with E-state index < -0.39 is 0 Å². The molecule has 2 aromatic carbocycles. The van der Waals surface area contributed by atoms with Gasteiger partial charge in [-0.25, -0.2) is 0 Å². The predicted octanol–water partition coefficient (Wildman–Crippen LogP) is 4.02. The third-order valence-corrected chi connectivity index (χ3v) is 3.93. The Kier molecular flexibility index (Phi) is 5.73. The van der Waals surface area contributed by atoms with Crippen LogP contribution in [0.25, 0.3) is 0 Å².